The highest BCUT2D eigenvalue weighted by molar-refractivity contribution is 6.22. The SMILES string of the molecule is C=C1NC(c2ccc(C#N)cc2)=CCC1Cl. The van der Waals surface area contributed by atoms with E-state index in [1.807, 2.05) is 18.2 Å². The molecule has 1 aliphatic rings. The number of halogens is 1. The molecule has 0 fully saturated rings. The Morgan fingerprint density at radius 3 is 2.62 bits per heavy atom. The van der Waals surface area contributed by atoms with Crippen LogP contribution in [0.15, 0.2) is 42.6 Å². The number of nitrogens with zero attached hydrogens (tertiary/aromatic N) is 1. The van der Waals surface area contributed by atoms with E-state index in [0.29, 0.717) is 5.56 Å². The first-order valence-electron chi connectivity index (χ1n) is 5.01. The van der Waals surface area contributed by atoms with Crippen LogP contribution in [0.25, 0.3) is 5.70 Å². The maximum absolute atomic E-state index is 8.70. The molecule has 1 aliphatic heterocycles. The van der Waals surface area contributed by atoms with Gasteiger partial charge in [-0.3, -0.25) is 0 Å². The molecule has 0 spiro atoms. The second-order valence-electron chi connectivity index (χ2n) is 3.66. The zero-order valence-electron chi connectivity index (χ0n) is 8.70. The molecule has 0 saturated heterocycles. The van der Waals surface area contributed by atoms with Crippen LogP contribution in [0.1, 0.15) is 17.5 Å². The van der Waals surface area contributed by atoms with E-state index in [0.717, 1.165) is 23.4 Å². The Hall–Kier alpha value is -1.72. The number of rotatable bonds is 1. The largest absolute Gasteiger partial charge is 0.358 e. The molecule has 0 aliphatic carbocycles. The number of allylic oxidation sites excluding steroid dienone is 2. The van der Waals surface area contributed by atoms with Crippen LogP contribution in [0.2, 0.25) is 0 Å². The van der Waals surface area contributed by atoms with Gasteiger partial charge in [-0.15, -0.1) is 11.6 Å². The molecule has 0 radical (unpaired) electrons. The summed E-state index contributed by atoms with van der Waals surface area (Å²) in [6.07, 6.45) is 2.83. The Bertz CT molecular complexity index is 480. The van der Waals surface area contributed by atoms with Crippen molar-refractivity contribution < 1.29 is 0 Å². The Morgan fingerprint density at radius 1 is 1.38 bits per heavy atom. The van der Waals surface area contributed by atoms with Gasteiger partial charge in [-0.2, -0.15) is 5.26 Å². The quantitative estimate of drug-likeness (QED) is 0.753. The van der Waals surface area contributed by atoms with Crippen LogP contribution < -0.4 is 5.32 Å². The lowest BCUT2D eigenvalue weighted by atomic mass is 10.0. The van der Waals surface area contributed by atoms with Crippen LogP contribution in [0.4, 0.5) is 0 Å². The van der Waals surface area contributed by atoms with Crippen LogP contribution in [-0.4, -0.2) is 5.38 Å². The molecule has 0 bridgehead atoms. The second kappa shape index (κ2) is 4.42. The van der Waals surface area contributed by atoms with E-state index in [9.17, 15) is 0 Å². The minimum Gasteiger partial charge on any atom is -0.358 e. The van der Waals surface area contributed by atoms with Gasteiger partial charge in [0.15, 0.2) is 0 Å². The Morgan fingerprint density at radius 2 is 2.06 bits per heavy atom. The Labute approximate surface area is 99.8 Å². The van der Waals surface area contributed by atoms with E-state index < -0.39 is 0 Å². The maximum atomic E-state index is 8.70. The molecule has 0 aromatic heterocycles. The molecule has 0 amide bonds. The molecule has 2 nitrogen and oxygen atoms in total. The molecule has 1 aromatic rings. The maximum Gasteiger partial charge on any atom is 0.0991 e. The number of hydrogen-bond acceptors (Lipinski definition) is 2. The molecule has 1 aromatic carbocycles. The van der Waals surface area contributed by atoms with Gasteiger partial charge in [-0.05, 0) is 24.1 Å². The predicted molar refractivity (Wildman–Crippen MR) is 65.7 cm³/mol. The van der Waals surface area contributed by atoms with Crippen LogP contribution >= 0.6 is 11.6 Å². The Balaban J connectivity index is 2.25. The first-order chi connectivity index (χ1) is 7.70. The van der Waals surface area contributed by atoms with Gasteiger partial charge in [0.25, 0.3) is 0 Å². The highest BCUT2D eigenvalue weighted by Crippen LogP contribution is 2.23. The number of benzene rings is 1. The zero-order chi connectivity index (χ0) is 11.5. The van der Waals surface area contributed by atoms with Gasteiger partial charge in [0.2, 0.25) is 0 Å². The fourth-order valence-corrected chi connectivity index (χ4v) is 1.72. The van der Waals surface area contributed by atoms with Crippen LogP contribution in [0, 0.1) is 11.3 Å². The first kappa shape index (κ1) is 10.8. The van der Waals surface area contributed by atoms with Crippen LogP contribution in [0.3, 0.4) is 0 Å². The van der Waals surface area contributed by atoms with Crippen molar-refractivity contribution in [1.29, 1.82) is 5.26 Å². The topological polar surface area (TPSA) is 35.8 Å². The summed E-state index contributed by atoms with van der Waals surface area (Å²) < 4.78 is 0. The van der Waals surface area contributed by atoms with Crippen molar-refractivity contribution >= 4 is 17.3 Å². The smallest absolute Gasteiger partial charge is 0.0991 e. The van der Waals surface area contributed by atoms with E-state index in [2.05, 4.69) is 18.0 Å². The van der Waals surface area contributed by atoms with Gasteiger partial charge in [0.05, 0.1) is 17.0 Å². The van der Waals surface area contributed by atoms with E-state index in [1.54, 1.807) is 12.1 Å². The van der Waals surface area contributed by atoms with Gasteiger partial charge in [-0.1, -0.05) is 24.8 Å². The molecular formula is C13H11ClN2. The second-order valence-corrected chi connectivity index (χ2v) is 4.19. The van der Waals surface area contributed by atoms with Crippen molar-refractivity contribution in [3.8, 4) is 6.07 Å². The molecule has 1 unspecified atom stereocenters. The highest BCUT2D eigenvalue weighted by atomic mass is 35.5. The summed E-state index contributed by atoms with van der Waals surface area (Å²) in [6, 6.07) is 9.52. The fraction of sp³-hybridized carbons (Fsp3) is 0.154. The van der Waals surface area contributed by atoms with Gasteiger partial charge >= 0.3 is 0 Å². The summed E-state index contributed by atoms with van der Waals surface area (Å²) in [7, 11) is 0. The van der Waals surface area contributed by atoms with Crippen molar-refractivity contribution in [1.82, 2.24) is 5.32 Å². The first-order valence-corrected chi connectivity index (χ1v) is 5.45. The molecule has 16 heavy (non-hydrogen) atoms. The normalized spacial score (nSPS) is 19.6. The fourth-order valence-electron chi connectivity index (χ4n) is 1.58. The van der Waals surface area contributed by atoms with E-state index in [1.165, 1.54) is 0 Å². The minimum absolute atomic E-state index is 0.0397. The molecule has 3 heteroatoms. The van der Waals surface area contributed by atoms with Crippen molar-refractivity contribution in [3.05, 3.63) is 53.7 Å². The number of alkyl halides is 1. The summed E-state index contributed by atoms with van der Waals surface area (Å²) in [4.78, 5) is 0. The highest BCUT2D eigenvalue weighted by Gasteiger charge is 2.15. The molecule has 0 saturated carbocycles. The van der Waals surface area contributed by atoms with Gasteiger partial charge in [0, 0.05) is 11.4 Å². The lowest BCUT2D eigenvalue weighted by molar-refractivity contribution is 0.868. The van der Waals surface area contributed by atoms with Gasteiger partial charge in [0.1, 0.15) is 0 Å². The van der Waals surface area contributed by atoms with E-state index in [4.69, 9.17) is 16.9 Å². The van der Waals surface area contributed by atoms with E-state index >= 15 is 0 Å². The molecule has 80 valence electrons. The predicted octanol–water partition coefficient (Wildman–Crippen LogP) is 3.01. The summed E-state index contributed by atoms with van der Waals surface area (Å²) in [6.45, 7) is 3.87. The summed E-state index contributed by atoms with van der Waals surface area (Å²) in [5.74, 6) is 0. The summed E-state index contributed by atoms with van der Waals surface area (Å²) in [5, 5.41) is 11.8. The average Bonchev–Trinajstić information content (AvgIpc) is 2.33. The third-order valence-electron chi connectivity index (χ3n) is 2.53. The third-order valence-corrected chi connectivity index (χ3v) is 2.97. The van der Waals surface area contributed by atoms with Crippen molar-refractivity contribution in [2.45, 2.75) is 11.8 Å². The van der Waals surface area contributed by atoms with Gasteiger partial charge < -0.3 is 5.32 Å². The molecule has 1 N–H and O–H groups in total. The van der Waals surface area contributed by atoms with Crippen LogP contribution in [-0.2, 0) is 0 Å². The lowest BCUT2D eigenvalue weighted by Gasteiger charge is -2.22. The molecule has 1 heterocycles. The lowest BCUT2D eigenvalue weighted by Crippen LogP contribution is -2.22. The number of hydrogen-bond donors (Lipinski definition) is 1. The Kier molecular flexibility index (Phi) is 2.98. The monoisotopic (exact) mass is 230 g/mol. The molecular weight excluding hydrogens is 220 g/mol. The van der Waals surface area contributed by atoms with Gasteiger partial charge in [-0.25, -0.2) is 0 Å². The van der Waals surface area contributed by atoms with Crippen molar-refractivity contribution in [2.75, 3.05) is 0 Å². The third kappa shape index (κ3) is 2.10. The van der Waals surface area contributed by atoms with Crippen molar-refractivity contribution in [3.63, 3.8) is 0 Å². The summed E-state index contributed by atoms with van der Waals surface area (Å²) in [5.41, 5.74) is 3.54. The zero-order valence-corrected chi connectivity index (χ0v) is 9.46. The standard InChI is InChI=1S/C13H11ClN2/c1-9-12(14)6-7-13(16-9)11-4-2-10(8-15)3-5-11/h2-5,7,12,16H,1,6H2. The minimum atomic E-state index is -0.0397. The molecule has 1 atom stereocenters. The molecule has 2 rings (SSSR count). The average molecular weight is 231 g/mol. The number of nitrogens with one attached hydrogen (secondary N) is 1. The van der Waals surface area contributed by atoms with Crippen molar-refractivity contribution in [2.24, 2.45) is 0 Å². The van der Waals surface area contributed by atoms with E-state index in [-0.39, 0.29) is 5.38 Å². The summed E-state index contributed by atoms with van der Waals surface area (Å²) >= 11 is 6.02. The number of nitriles is 1. The van der Waals surface area contributed by atoms with Crippen LogP contribution in [0.5, 0.6) is 0 Å².